The molecule has 1 aliphatic rings. The minimum atomic E-state index is 0.0608. The van der Waals surface area contributed by atoms with Gasteiger partial charge in [-0.15, -0.1) is 0 Å². The van der Waals surface area contributed by atoms with Crippen LogP contribution < -0.4 is 0 Å². The van der Waals surface area contributed by atoms with E-state index < -0.39 is 0 Å². The van der Waals surface area contributed by atoms with Gasteiger partial charge in [-0.25, -0.2) is 0 Å². The van der Waals surface area contributed by atoms with Gasteiger partial charge in [0.2, 0.25) is 0 Å². The molecule has 0 spiro atoms. The van der Waals surface area contributed by atoms with Gasteiger partial charge in [-0.05, 0) is 57.6 Å². The summed E-state index contributed by atoms with van der Waals surface area (Å²) in [6, 6.07) is 31.1. The van der Waals surface area contributed by atoms with E-state index in [4.69, 9.17) is 0 Å². The van der Waals surface area contributed by atoms with E-state index in [1.54, 1.807) is 0 Å². The third-order valence-corrected chi connectivity index (χ3v) is 6.42. The fourth-order valence-corrected chi connectivity index (χ4v) is 4.93. The van der Waals surface area contributed by atoms with Crippen molar-refractivity contribution in [2.24, 2.45) is 0 Å². The lowest BCUT2D eigenvalue weighted by Gasteiger charge is -2.21. The summed E-state index contributed by atoms with van der Waals surface area (Å²) in [6.07, 6.45) is 0. The van der Waals surface area contributed by atoms with Gasteiger partial charge in [0.05, 0.1) is 0 Å². The number of hydrogen-bond acceptors (Lipinski definition) is 0. The lowest BCUT2D eigenvalue weighted by atomic mass is 9.82. The molecule has 0 fully saturated rings. The third kappa shape index (κ3) is 2.02. The highest BCUT2D eigenvalue weighted by molar-refractivity contribution is 6.08. The maximum Gasteiger partial charge on any atom is 0.0465 e. The zero-order valence-electron chi connectivity index (χ0n) is 16.1. The fourth-order valence-electron chi connectivity index (χ4n) is 4.93. The zero-order chi connectivity index (χ0) is 18.9. The van der Waals surface area contributed by atoms with E-state index >= 15 is 0 Å². The van der Waals surface area contributed by atoms with Crippen LogP contribution in [0.1, 0.15) is 25.0 Å². The Kier molecular flexibility index (Phi) is 3.01. The molecular weight excluding hydrogens is 338 g/mol. The molecule has 1 heterocycles. The number of fused-ring (bicyclic) bond motifs is 6. The Morgan fingerprint density at radius 3 is 2.18 bits per heavy atom. The molecule has 5 aromatic rings. The molecular formula is C27H21N. The van der Waals surface area contributed by atoms with Gasteiger partial charge in [0.1, 0.15) is 0 Å². The molecule has 1 heteroatoms. The van der Waals surface area contributed by atoms with Crippen LogP contribution in [0.2, 0.25) is 0 Å². The van der Waals surface area contributed by atoms with Crippen molar-refractivity contribution in [3.05, 3.63) is 96.1 Å². The number of rotatable bonds is 1. The van der Waals surface area contributed by atoms with Gasteiger partial charge in [0.15, 0.2) is 0 Å². The SMILES string of the molecule is CC1(C)c2ccccc2-c2cc(-c3ccc4[nH]c5ccccc5c4c3)ccc21. The van der Waals surface area contributed by atoms with Crippen LogP contribution in [0.25, 0.3) is 44.1 Å². The molecule has 1 N–H and O–H groups in total. The first-order valence-electron chi connectivity index (χ1n) is 9.88. The number of H-pyrrole nitrogens is 1. The third-order valence-electron chi connectivity index (χ3n) is 6.42. The average molecular weight is 359 g/mol. The Hall–Kier alpha value is -3.32. The van der Waals surface area contributed by atoms with Crippen molar-refractivity contribution in [3.8, 4) is 22.3 Å². The van der Waals surface area contributed by atoms with Crippen LogP contribution in [-0.4, -0.2) is 4.98 Å². The zero-order valence-corrected chi connectivity index (χ0v) is 16.1. The summed E-state index contributed by atoms with van der Waals surface area (Å²) in [7, 11) is 0. The van der Waals surface area contributed by atoms with Gasteiger partial charge in [-0.1, -0.05) is 74.5 Å². The molecule has 0 saturated carbocycles. The Morgan fingerprint density at radius 2 is 1.25 bits per heavy atom. The van der Waals surface area contributed by atoms with E-state index in [1.807, 2.05) is 0 Å². The molecule has 134 valence electrons. The number of nitrogens with one attached hydrogen (secondary N) is 1. The molecule has 0 bridgehead atoms. The molecule has 4 aromatic carbocycles. The molecule has 1 nitrogen and oxygen atoms in total. The molecule has 0 aliphatic heterocycles. The molecule has 0 unspecified atom stereocenters. The monoisotopic (exact) mass is 359 g/mol. The standard InChI is InChI=1S/C27H21N/c1-27(2)23-9-5-3-7-19(23)21-15-17(11-13-24(21)27)18-12-14-26-22(16-18)20-8-4-6-10-25(20)28-26/h3-16,28H,1-2H3. The van der Waals surface area contributed by atoms with Crippen molar-refractivity contribution < 1.29 is 0 Å². The summed E-state index contributed by atoms with van der Waals surface area (Å²) in [4.78, 5) is 3.52. The quantitative estimate of drug-likeness (QED) is 0.323. The summed E-state index contributed by atoms with van der Waals surface area (Å²) < 4.78 is 0. The summed E-state index contributed by atoms with van der Waals surface area (Å²) >= 11 is 0. The van der Waals surface area contributed by atoms with Gasteiger partial charge in [0.25, 0.3) is 0 Å². The lowest BCUT2D eigenvalue weighted by Crippen LogP contribution is -2.14. The predicted molar refractivity (Wildman–Crippen MR) is 119 cm³/mol. The Balaban J connectivity index is 1.57. The van der Waals surface area contributed by atoms with Crippen molar-refractivity contribution in [1.82, 2.24) is 4.98 Å². The van der Waals surface area contributed by atoms with Crippen LogP contribution in [0, 0.1) is 0 Å². The van der Waals surface area contributed by atoms with Gasteiger partial charge in [0, 0.05) is 27.2 Å². The molecule has 0 saturated heterocycles. The Bertz CT molecular complexity index is 1380. The van der Waals surface area contributed by atoms with Gasteiger partial charge in [-0.3, -0.25) is 0 Å². The van der Waals surface area contributed by atoms with E-state index in [1.165, 1.54) is 55.2 Å². The summed E-state index contributed by atoms with van der Waals surface area (Å²) in [5.74, 6) is 0. The number of aromatic amines is 1. The molecule has 0 atom stereocenters. The van der Waals surface area contributed by atoms with Crippen molar-refractivity contribution in [1.29, 1.82) is 0 Å². The van der Waals surface area contributed by atoms with Gasteiger partial charge in [-0.2, -0.15) is 0 Å². The second-order valence-electron chi connectivity index (χ2n) is 8.36. The number of aromatic nitrogens is 1. The first-order chi connectivity index (χ1) is 13.6. The van der Waals surface area contributed by atoms with Crippen LogP contribution in [0.4, 0.5) is 0 Å². The molecule has 0 amide bonds. The van der Waals surface area contributed by atoms with Crippen LogP contribution >= 0.6 is 0 Å². The van der Waals surface area contributed by atoms with Crippen LogP contribution in [0.15, 0.2) is 84.9 Å². The normalized spacial score (nSPS) is 14.4. The number of para-hydroxylation sites is 1. The number of benzene rings is 4. The smallest absolute Gasteiger partial charge is 0.0465 e. The second kappa shape index (κ2) is 5.36. The highest BCUT2D eigenvalue weighted by Gasteiger charge is 2.35. The molecule has 28 heavy (non-hydrogen) atoms. The van der Waals surface area contributed by atoms with E-state index in [-0.39, 0.29) is 5.41 Å². The fraction of sp³-hybridized carbons (Fsp3) is 0.111. The minimum Gasteiger partial charge on any atom is -0.355 e. The highest BCUT2D eigenvalue weighted by atomic mass is 14.7. The van der Waals surface area contributed by atoms with Crippen LogP contribution in [0.3, 0.4) is 0 Å². The number of hydrogen-bond donors (Lipinski definition) is 1. The summed E-state index contributed by atoms with van der Waals surface area (Å²) in [5.41, 5.74) is 10.6. The van der Waals surface area contributed by atoms with Crippen molar-refractivity contribution in [2.45, 2.75) is 19.3 Å². The largest absolute Gasteiger partial charge is 0.355 e. The maximum atomic E-state index is 3.52. The van der Waals surface area contributed by atoms with Crippen LogP contribution in [-0.2, 0) is 5.41 Å². The highest BCUT2D eigenvalue weighted by Crippen LogP contribution is 2.49. The van der Waals surface area contributed by atoms with Gasteiger partial charge >= 0.3 is 0 Å². The Labute approximate surface area is 164 Å². The maximum absolute atomic E-state index is 3.52. The predicted octanol–water partition coefficient (Wildman–Crippen LogP) is 7.29. The van der Waals surface area contributed by atoms with Gasteiger partial charge < -0.3 is 4.98 Å². The first-order valence-corrected chi connectivity index (χ1v) is 9.88. The molecule has 1 aliphatic carbocycles. The summed E-state index contributed by atoms with van der Waals surface area (Å²) in [6.45, 7) is 4.66. The second-order valence-corrected chi connectivity index (χ2v) is 8.36. The minimum absolute atomic E-state index is 0.0608. The molecule has 6 rings (SSSR count). The topological polar surface area (TPSA) is 15.8 Å². The average Bonchev–Trinajstić information content (AvgIpc) is 3.21. The molecule has 1 aromatic heterocycles. The van der Waals surface area contributed by atoms with Crippen molar-refractivity contribution in [3.63, 3.8) is 0 Å². The van der Waals surface area contributed by atoms with E-state index in [2.05, 4.69) is 104 Å². The molecule has 0 radical (unpaired) electrons. The van der Waals surface area contributed by atoms with Crippen molar-refractivity contribution >= 4 is 21.8 Å². The van der Waals surface area contributed by atoms with E-state index in [9.17, 15) is 0 Å². The van der Waals surface area contributed by atoms with E-state index in [0.717, 1.165) is 0 Å². The Morgan fingerprint density at radius 1 is 0.571 bits per heavy atom. The van der Waals surface area contributed by atoms with Crippen molar-refractivity contribution in [2.75, 3.05) is 0 Å². The first kappa shape index (κ1) is 15.7. The van der Waals surface area contributed by atoms with E-state index in [0.29, 0.717) is 0 Å². The summed E-state index contributed by atoms with van der Waals surface area (Å²) in [5, 5.41) is 2.57. The lowest BCUT2D eigenvalue weighted by molar-refractivity contribution is 0.660. The van der Waals surface area contributed by atoms with Crippen LogP contribution in [0.5, 0.6) is 0 Å².